The Morgan fingerprint density at radius 3 is 3.19 bits per heavy atom. The number of thiazole rings is 1. The van der Waals surface area contributed by atoms with E-state index in [9.17, 15) is 0 Å². The molecule has 0 saturated carbocycles. The first-order valence-corrected chi connectivity index (χ1v) is 8.22. The lowest BCUT2D eigenvalue weighted by Crippen LogP contribution is -2.15. The van der Waals surface area contributed by atoms with Crippen LogP contribution in [-0.4, -0.2) is 23.5 Å². The molecule has 0 spiro atoms. The smallest absolute Gasteiger partial charge is 0.124 e. The van der Waals surface area contributed by atoms with Gasteiger partial charge in [-0.25, -0.2) is 4.98 Å². The zero-order chi connectivity index (χ0) is 11.2. The van der Waals surface area contributed by atoms with Gasteiger partial charge < -0.3 is 5.32 Å². The van der Waals surface area contributed by atoms with Gasteiger partial charge in [-0.3, -0.25) is 0 Å². The molecule has 2 rings (SSSR count). The maximum Gasteiger partial charge on any atom is 0.124 e. The maximum absolute atomic E-state index is 4.44. The number of thiophene rings is 1. The molecule has 86 valence electrons. The molecule has 0 radical (unpaired) electrons. The summed E-state index contributed by atoms with van der Waals surface area (Å²) in [5.41, 5.74) is 1.24. The molecule has 0 atom stereocenters. The molecule has 2 nitrogen and oxygen atoms in total. The highest BCUT2D eigenvalue weighted by Gasteiger charge is 2.04. The quantitative estimate of drug-likeness (QED) is 0.815. The molecule has 0 aliphatic heterocycles. The van der Waals surface area contributed by atoms with Gasteiger partial charge in [0.25, 0.3) is 0 Å². The predicted octanol–water partition coefficient (Wildman–Crippen LogP) is 3.32. The summed E-state index contributed by atoms with van der Waals surface area (Å²) in [6, 6.07) is 2.12. The Hall–Kier alpha value is -0.360. The molecular formula is C11H14N2S3. The normalized spacial score (nSPS) is 10.8. The minimum atomic E-state index is 0.933. The topological polar surface area (TPSA) is 24.9 Å². The Kier molecular flexibility index (Phi) is 4.84. The average Bonchev–Trinajstić information content (AvgIpc) is 2.94. The average molecular weight is 270 g/mol. The third-order valence-electron chi connectivity index (χ3n) is 2.10. The Labute approximate surface area is 108 Å². The summed E-state index contributed by atoms with van der Waals surface area (Å²) in [6.45, 7) is 2.00. The maximum atomic E-state index is 4.44. The lowest BCUT2D eigenvalue weighted by molar-refractivity contribution is 0.740. The summed E-state index contributed by atoms with van der Waals surface area (Å²) >= 11 is 5.36. The molecule has 0 aromatic carbocycles. The van der Waals surface area contributed by atoms with Gasteiger partial charge in [0.1, 0.15) is 5.01 Å². The molecule has 0 bridgehead atoms. The first-order chi connectivity index (χ1) is 7.90. The van der Waals surface area contributed by atoms with Crippen molar-refractivity contribution in [1.29, 1.82) is 0 Å². The first kappa shape index (κ1) is 12.1. The second kappa shape index (κ2) is 6.39. The molecule has 0 aliphatic rings. The van der Waals surface area contributed by atoms with Gasteiger partial charge in [0, 0.05) is 40.9 Å². The van der Waals surface area contributed by atoms with Crippen LogP contribution in [-0.2, 0) is 6.54 Å². The summed E-state index contributed by atoms with van der Waals surface area (Å²) in [5, 5.41) is 8.77. The zero-order valence-electron chi connectivity index (χ0n) is 9.10. The third-order valence-corrected chi connectivity index (χ3v) is 4.45. The van der Waals surface area contributed by atoms with Gasteiger partial charge in [0.2, 0.25) is 0 Å². The molecule has 2 aromatic heterocycles. The van der Waals surface area contributed by atoms with Crippen molar-refractivity contribution in [2.75, 3.05) is 18.6 Å². The standard InChI is InChI=1S/C11H14N2S3/c1-14-5-3-12-6-10-7-13-11(16-10)9-2-4-15-8-9/h2,4,7-8,12H,3,5-6H2,1H3. The van der Waals surface area contributed by atoms with E-state index in [4.69, 9.17) is 0 Å². The van der Waals surface area contributed by atoms with E-state index in [0.29, 0.717) is 0 Å². The van der Waals surface area contributed by atoms with Crippen LogP contribution in [0.5, 0.6) is 0 Å². The fraction of sp³-hybridized carbons (Fsp3) is 0.364. The van der Waals surface area contributed by atoms with Gasteiger partial charge >= 0.3 is 0 Å². The summed E-state index contributed by atoms with van der Waals surface area (Å²) in [6.07, 6.45) is 4.10. The van der Waals surface area contributed by atoms with E-state index in [2.05, 4.69) is 33.4 Å². The molecule has 0 saturated heterocycles. The van der Waals surface area contributed by atoms with Gasteiger partial charge in [-0.1, -0.05) is 0 Å². The molecule has 5 heteroatoms. The van der Waals surface area contributed by atoms with Gasteiger partial charge in [-0.2, -0.15) is 23.1 Å². The van der Waals surface area contributed by atoms with E-state index in [1.54, 1.807) is 22.7 Å². The Morgan fingerprint density at radius 2 is 2.44 bits per heavy atom. The monoisotopic (exact) mass is 270 g/mol. The van der Waals surface area contributed by atoms with Crippen LogP contribution in [0, 0.1) is 0 Å². The van der Waals surface area contributed by atoms with E-state index in [1.807, 2.05) is 18.0 Å². The SMILES string of the molecule is CSCCNCc1cnc(-c2ccsc2)s1. The number of nitrogens with zero attached hydrogens (tertiary/aromatic N) is 1. The van der Waals surface area contributed by atoms with Gasteiger partial charge in [0.15, 0.2) is 0 Å². The lowest BCUT2D eigenvalue weighted by Gasteiger charge is -1.99. The second-order valence-corrected chi connectivity index (χ2v) is 6.19. The number of rotatable bonds is 6. The van der Waals surface area contributed by atoms with Gasteiger partial charge in [0.05, 0.1) is 0 Å². The van der Waals surface area contributed by atoms with Crippen LogP contribution < -0.4 is 5.32 Å². The molecule has 2 aromatic rings. The van der Waals surface area contributed by atoms with Crippen molar-refractivity contribution in [2.24, 2.45) is 0 Å². The summed E-state index contributed by atoms with van der Waals surface area (Å²) < 4.78 is 0. The van der Waals surface area contributed by atoms with Crippen molar-refractivity contribution < 1.29 is 0 Å². The minimum absolute atomic E-state index is 0.933. The van der Waals surface area contributed by atoms with Crippen molar-refractivity contribution in [2.45, 2.75) is 6.54 Å². The van der Waals surface area contributed by atoms with Crippen LogP contribution in [0.2, 0.25) is 0 Å². The van der Waals surface area contributed by atoms with Crippen LogP contribution in [0.25, 0.3) is 10.6 Å². The fourth-order valence-electron chi connectivity index (χ4n) is 1.29. The largest absolute Gasteiger partial charge is 0.311 e. The summed E-state index contributed by atoms with van der Waals surface area (Å²) in [4.78, 5) is 5.75. The molecule has 16 heavy (non-hydrogen) atoms. The van der Waals surface area contributed by atoms with Gasteiger partial charge in [-0.05, 0) is 17.7 Å². The lowest BCUT2D eigenvalue weighted by atomic mass is 10.4. The van der Waals surface area contributed by atoms with Crippen LogP contribution >= 0.6 is 34.4 Å². The van der Waals surface area contributed by atoms with Crippen molar-refractivity contribution >= 4 is 34.4 Å². The van der Waals surface area contributed by atoms with E-state index in [1.165, 1.54) is 10.4 Å². The molecular weight excluding hydrogens is 256 g/mol. The number of aromatic nitrogens is 1. The molecule has 0 unspecified atom stereocenters. The molecule has 0 amide bonds. The highest BCUT2D eigenvalue weighted by atomic mass is 32.2. The number of thioether (sulfide) groups is 1. The van der Waals surface area contributed by atoms with Crippen molar-refractivity contribution in [1.82, 2.24) is 10.3 Å². The van der Waals surface area contributed by atoms with E-state index in [0.717, 1.165) is 23.8 Å². The summed E-state index contributed by atoms with van der Waals surface area (Å²) in [5.74, 6) is 1.16. The zero-order valence-corrected chi connectivity index (χ0v) is 11.6. The van der Waals surface area contributed by atoms with Crippen molar-refractivity contribution in [3.8, 4) is 10.6 Å². The minimum Gasteiger partial charge on any atom is -0.311 e. The van der Waals surface area contributed by atoms with Crippen LogP contribution in [0.15, 0.2) is 23.0 Å². The van der Waals surface area contributed by atoms with E-state index < -0.39 is 0 Å². The molecule has 1 N–H and O–H groups in total. The fourth-order valence-corrected chi connectivity index (χ4v) is 3.24. The van der Waals surface area contributed by atoms with Crippen LogP contribution in [0.1, 0.15) is 4.88 Å². The first-order valence-electron chi connectivity index (χ1n) is 5.07. The Morgan fingerprint density at radius 1 is 1.50 bits per heavy atom. The second-order valence-electron chi connectivity index (χ2n) is 3.31. The highest BCUT2D eigenvalue weighted by molar-refractivity contribution is 7.98. The molecule has 2 heterocycles. The number of nitrogens with one attached hydrogen (secondary N) is 1. The van der Waals surface area contributed by atoms with Crippen LogP contribution in [0.3, 0.4) is 0 Å². The Balaban J connectivity index is 1.88. The summed E-state index contributed by atoms with van der Waals surface area (Å²) in [7, 11) is 0. The third kappa shape index (κ3) is 3.31. The van der Waals surface area contributed by atoms with Crippen molar-refractivity contribution in [3.05, 3.63) is 27.9 Å². The molecule has 0 fully saturated rings. The van der Waals surface area contributed by atoms with E-state index >= 15 is 0 Å². The molecule has 0 aliphatic carbocycles. The Bertz CT molecular complexity index is 409. The van der Waals surface area contributed by atoms with Gasteiger partial charge in [-0.15, -0.1) is 11.3 Å². The van der Waals surface area contributed by atoms with E-state index in [-0.39, 0.29) is 0 Å². The van der Waals surface area contributed by atoms with Crippen LogP contribution in [0.4, 0.5) is 0 Å². The highest BCUT2D eigenvalue weighted by Crippen LogP contribution is 2.26. The number of hydrogen-bond donors (Lipinski definition) is 1. The predicted molar refractivity (Wildman–Crippen MR) is 75.5 cm³/mol. The van der Waals surface area contributed by atoms with Crippen molar-refractivity contribution in [3.63, 3.8) is 0 Å². The number of hydrogen-bond acceptors (Lipinski definition) is 5.